The van der Waals surface area contributed by atoms with Gasteiger partial charge >= 0.3 is 0 Å². The summed E-state index contributed by atoms with van der Waals surface area (Å²) in [6.45, 7) is 17.5. The summed E-state index contributed by atoms with van der Waals surface area (Å²) in [5, 5.41) is 0. The molecule has 0 aromatic heterocycles. The fraction of sp³-hybridized carbons (Fsp3) is 0.357. The zero-order valence-electron chi connectivity index (χ0n) is 19.6. The molecule has 2 nitrogen and oxygen atoms in total. The Balaban J connectivity index is 2.13. The van der Waals surface area contributed by atoms with Gasteiger partial charge in [-0.25, -0.2) is 0 Å². The number of aryl methyl sites for hydroxylation is 2. The second-order valence-corrected chi connectivity index (χ2v) is 10.2. The van der Waals surface area contributed by atoms with Gasteiger partial charge in [-0.2, -0.15) is 0 Å². The molecule has 0 N–H and O–H groups in total. The fourth-order valence-electron chi connectivity index (χ4n) is 3.35. The van der Waals surface area contributed by atoms with Gasteiger partial charge < -0.3 is 9.47 Å². The molecule has 0 amide bonds. The van der Waals surface area contributed by atoms with Crippen LogP contribution in [0.15, 0.2) is 60.7 Å². The van der Waals surface area contributed by atoms with Crippen LogP contribution in [0, 0.1) is 13.8 Å². The van der Waals surface area contributed by atoms with E-state index in [0.29, 0.717) is 0 Å². The van der Waals surface area contributed by atoms with E-state index in [1.54, 1.807) is 0 Å². The van der Waals surface area contributed by atoms with Crippen LogP contribution < -0.4 is 9.47 Å². The van der Waals surface area contributed by atoms with E-state index in [1.807, 2.05) is 24.3 Å². The molecule has 0 bridgehead atoms. The topological polar surface area (TPSA) is 18.5 Å². The molecule has 3 aromatic carbocycles. The van der Waals surface area contributed by atoms with Gasteiger partial charge in [-0.05, 0) is 61.1 Å². The maximum Gasteiger partial charge on any atom is 0.135 e. The molecule has 30 heavy (non-hydrogen) atoms. The molecule has 0 fully saturated rings. The van der Waals surface area contributed by atoms with Gasteiger partial charge in [0.15, 0.2) is 0 Å². The Labute approximate surface area is 181 Å². The molecule has 0 heterocycles. The first-order valence-corrected chi connectivity index (χ1v) is 10.6. The highest BCUT2D eigenvalue weighted by Gasteiger charge is 2.29. The minimum absolute atomic E-state index is 0.104. The van der Waals surface area contributed by atoms with Crippen LogP contribution in [-0.4, -0.2) is 0 Å². The van der Waals surface area contributed by atoms with Crippen LogP contribution in [-0.2, 0) is 10.8 Å². The molecule has 0 spiro atoms. The van der Waals surface area contributed by atoms with E-state index in [-0.39, 0.29) is 10.8 Å². The SMILES string of the molecule is Cc1ccc(Oc2cc(C(C)(C)C)c(Oc3ccc(C)cc3)c(C(C)(C)C)c2)cc1. The van der Waals surface area contributed by atoms with Crippen molar-refractivity contribution in [1.82, 2.24) is 0 Å². The van der Waals surface area contributed by atoms with E-state index in [9.17, 15) is 0 Å². The lowest BCUT2D eigenvalue weighted by Crippen LogP contribution is -2.19. The number of hydrogen-bond donors (Lipinski definition) is 0. The van der Waals surface area contributed by atoms with Crippen LogP contribution in [0.3, 0.4) is 0 Å². The van der Waals surface area contributed by atoms with E-state index in [4.69, 9.17) is 9.47 Å². The Morgan fingerprint density at radius 3 is 1.23 bits per heavy atom. The summed E-state index contributed by atoms with van der Waals surface area (Å²) in [4.78, 5) is 0. The van der Waals surface area contributed by atoms with Gasteiger partial charge in [-0.3, -0.25) is 0 Å². The zero-order valence-corrected chi connectivity index (χ0v) is 19.6. The van der Waals surface area contributed by atoms with Crippen molar-refractivity contribution in [2.24, 2.45) is 0 Å². The third-order valence-electron chi connectivity index (χ3n) is 5.18. The monoisotopic (exact) mass is 402 g/mol. The number of ether oxygens (including phenoxy) is 2. The lowest BCUT2D eigenvalue weighted by Gasteiger charge is -2.30. The molecule has 158 valence electrons. The number of rotatable bonds is 4. The molecule has 0 atom stereocenters. The van der Waals surface area contributed by atoms with E-state index in [1.165, 1.54) is 11.1 Å². The molecule has 3 rings (SSSR count). The van der Waals surface area contributed by atoms with Gasteiger partial charge in [0.05, 0.1) is 0 Å². The minimum atomic E-state index is -0.104. The summed E-state index contributed by atoms with van der Waals surface area (Å²) in [5.74, 6) is 3.45. The summed E-state index contributed by atoms with van der Waals surface area (Å²) in [5.41, 5.74) is 4.50. The molecular formula is C28H34O2. The van der Waals surface area contributed by atoms with Crippen molar-refractivity contribution in [2.45, 2.75) is 66.2 Å². The Morgan fingerprint density at radius 1 is 0.500 bits per heavy atom. The molecule has 0 unspecified atom stereocenters. The normalized spacial score (nSPS) is 12.0. The summed E-state index contributed by atoms with van der Waals surface area (Å²) in [6, 6.07) is 20.6. The van der Waals surface area contributed by atoms with Crippen molar-refractivity contribution in [3.8, 4) is 23.0 Å². The first kappa shape index (κ1) is 22.0. The lowest BCUT2D eigenvalue weighted by atomic mass is 9.79. The Hall–Kier alpha value is -2.74. The average Bonchev–Trinajstić information content (AvgIpc) is 2.64. The quantitative estimate of drug-likeness (QED) is 0.435. The molecule has 0 aliphatic carbocycles. The maximum atomic E-state index is 6.51. The van der Waals surface area contributed by atoms with Gasteiger partial charge in [-0.1, -0.05) is 76.9 Å². The van der Waals surface area contributed by atoms with Crippen LogP contribution in [0.2, 0.25) is 0 Å². The second-order valence-electron chi connectivity index (χ2n) is 10.2. The summed E-state index contributed by atoms with van der Waals surface area (Å²) < 4.78 is 12.8. The molecule has 0 radical (unpaired) electrons. The van der Waals surface area contributed by atoms with Gasteiger partial charge in [0, 0.05) is 11.1 Å². The van der Waals surface area contributed by atoms with Crippen molar-refractivity contribution in [2.75, 3.05) is 0 Å². The molecule has 0 saturated carbocycles. The molecule has 0 aliphatic heterocycles. The molecule has 2 heteroatoms. The van der Waals surface area contributed by atoms with Crippen LogP contribution >= 0.6 is 0 Å². The third-order valence-corrected chi connectivity index (χ3v) is 5.18. The predicted octanol–water partition coefficient (Wildman–Crippen LogP) is 8.48. The standard InChI is InChI=1S/C28H34O2/c1-19-9-13-21(14-10-19)29-23-17-24(27(3,4)5)26(25(18-23)28(6,7)8)30-22-15-11-20(2)12-16-22/h9-18H,1-8H3. The summed E-state index contributed by atoms with van der Waals surface area (Å²) in [7, 11) is 0. The van der Waals surface area contributed by atoms with Crippen LogP contribution in [0.4, 0.5) is 0 Å². The van der Waals surface area contributed by atoms with E-state index >= 15 is 0 Å². The smallest absolute Gasteiger partial charge is 0.135 e. The molecule has 3 aromatic rings. The van der Waals surface area contributed by atoms with Crippen molar-refractivity contribution in [3.63, 3.8) is 0 Å². The Kier molecular flexibility index (Phi) is 5.99. The summed E-state index contributed by atoms with van der Waals surface area (Å²) in [6.07, 6.45) is 0. The zero-order chi connectivity index (χ0) is 22.1. The first-order chi connectivity index (χ1) is 13.9. The van der Waals surface area contributed by atoms with Gasteiger partial charge in [0.25, 0.3) is 0 Å². The van der Waals surface area contributed by atoms with Gasteiger partial charge in [0.2, 0.25) is 0 Å². The maximum absolute atomic E-state index is 6.51. The highest BCUT2D eigenvalue weighted by Crippen LogP contribution is 2.45. The van der Waals surface area contributed by atoms with Crippen molar-refractivity contribution in [1.29, 1.82) is 0 Å². The highest BCUT2D eigenvalue weighted by atomic mass is 16.5. The minimum Gasteiger partial charge on any atom is -0.457 e. The van der Waals surface area contributed by atoms with E-state index in [0.717, 1.165) is 34.1 Å². The van der Waals surface area contributed by atoms with Crippen molar-refractivity contribution >= 4 is 0 Å². The predicted molar refractivity (Wildman–Crippen MR) is 126 cm³/mol. The van der Waals surface area contributed by atoms with Gasteiger partial charge in [0.1, 0.15) is 23.0 Å². The average molecular weight is 403 g/mol. The van der Waals surface area contributed by atoms with Crippen LogP contribution in [0.5, 0.6) is 23.0 Å². The van der Waals surface area contributed by atoms with Crippen LogP contribution in [0.1, 0.15) is 63.8 Å². The lowest BCUT2D eigenvalue weighted by molar-refractivity contribution is 0.423. The second kappa shape index (κ2) is 8.18. The number of benzene rings is 3. The fourth-order valence-corrected chi connectivity index (χ4v) is 3.35. The molecular weight excluding hydrogens is 368 g/mol. The van der Waals surface area contributed by atoms with Crippen LogP contribution in [0.25, 0.3) is 0 Å². The molecule has 0 aliphatic rings. The Morgan fingerprint density at radius 2 is 0.867 bits per heavy atom. The molecule has 0 saturated heterocycles. The Bertz CT molecular complexity index is 963. The van der Waals surface area contributed by atoms with Gasteiger partial charge in [-0.15, -0.1) is 0 Å². The summed E-state index contributed by atoms with van der Waals surface area (Å²) >= 11 is 0. The van der Waals surface area contributed by atoms with Crippen molar-refractivity contribution < 1.29 is 9.47 Å². The largest absolute Gasteiger partial charge is 0.457 e. The van der Waals surface area contributed by atoms with E-state index in [2.05, 4.69) is 91.8 Å². The highest BCUT2D eigenvalue weighted by molar-refractivity contribution is 5.55. The van der Waals surface area contributed by atoms with Crippen molar-refractivity contribution in [3.05, 3.63) is 82.9 Å². The van der Waals surface area contributed by atoms with E-state index < -0.39 is 0 Å². The number of hydrogen-bond acceptors (Lipinski definition) is 2. The first-order valence-electron chi connectivity index (χ1n) is 10.6. The third kappa shape index (κ3) is 5.24.